The molecule has 0 atom stereocenters. The lowest BCUT2D eigenvalue weighted by molar-refractivity contribution is -0.290. The molecule has 4 nitrogen and oxygen atoms in total. The van der Waals surface area contributed by atoms with E-state index in [4.69, 9.17) is 20.4 Å². The van der Waals surface area contributed by atoms with Crippen LogP contribution in [0.5, 0.6) is 0 Å². The van der Waals surface area contributed by atoms with Crippen molar-refractivity contribution >= 4 is 0 Å². The van der Waals surface area contributed by atoms with Gasteiger partial charge in [-0.1, -0.05) is 6.07 Å². The first-order valence-electron chi connectivity index (χ1n) is 3.51. The summed E-state index contributed by atoms with van der Waals surface area (Å²) in [6.07, 6.45) is 0. The maximum Gasteiger partial charge on any atom is 0.344 e. The van der Waals surface area contributed by atoms with Crippen LogP contribution in [0.25, 0.3) is 0 Å². The van der Waals surface area contributed by atoms with Crippen LogP contribution in [0, 0.1) is 6.07 Å². The van der Waals surface area contributed by atoms with Crippen molar-refractivity contribution in [2.45, 2.75) is 12.1 Å². The molecular weight excluding hydrogens is 198 g/mol. The van der Waals surface area contributed by atoms with E-state index < -0.39 is 23.2 Å². The zero-order chi connectivity index (χ0) is 11.0. The average Bonchev–Trinajstić information content (AvgIpc) is 2.01. The molecule has 0 aromatic heterocycles. The van der Waals surface area contributed by atoms with Gasteiger partial charge in [-0.25, -0.2) is 0 Å². The van der Waals surface area contributed by atoms with Gasteiger partial charge in [0.05, 0.1) is 11.1 Å². The van der Waals surface area contributed by atoms with Gasteiger partial charge in [0.2, 0.25) is 0 Å². The van der Waals surface area contributed by atoms with E-state index in [1.165, 1.54) is 0 Å². The second kappa shape index (κ2) is 3.25. The summed E-state index contributed by atoms with van der Waals surface area (Å²) in [4.78, 5) is 0. The van der Waals surface area contributed by atoms with Gasteiger partial charge in [0, 0.05) is 0 Å². The summed E-state index contributed by atoms with van der Waals surface area (Å²) in [5, 5.41) is 34.1. The number of halogens is 2. The smallest absolute Gasteiger partial charge is 0.336 e. The van der Waals surface area contributed by atoms with E-state index in [0.717, 1.165) is 12.1 Å². The van der Waals surface area contributed by atoms with Crippen LogP contribution in [0.1, 0.15) is 11.1 Å². The van der Waals surface area contributed by atoms with E-state index in [9.17, 15) is 8.78 Å². The maximum atomic E-state index is 12.6. The number of hydrogen-bond acceptors (Lipinski definition) is 4. The van der Waals surface area contributed by atoms with Crippen molar-refractivity contribution in [3.8, 4) is 0 Å². The molecule has 0 aliphatic rings. The molecule has 77 valence electrons. The maximum absolute atomic E-state index is 12.6. The van der Waals surface area contributed by atoms with Gasteiger partial charge in [0.15, 0.2) is 0 Å². The molecule has 1 radical (unpaired) electrons. The van der Waals surface area contributed by atoms with Crippen molar-refractivity contribution in [1.82, 2.24) is 0 Å². The van der Waals surface area contributed by atoms with Gasteiger partial charge >= 0.3 is 12.1 Å². The van der Waals surface area contributed by atoms with Crippen LogP contribution in [0.15, 0.2) is 18.2 Å². The molecule has 1 rings (SSSR count). The van der Waals surface area contributed by atoms with Crippen molar-refractivity contribution in [1.29, 1.82) is 0 Å². The Morgan fingerprint density at radius 2 is 1.50 bits per heavy atom. The van der Waals surface area contributed by atoms with Gasteiger partial charge in [-0.3, -0.25) is 0 Å². The highest BCUT2D eigenvalue weighted by Crippen LogP contribution is 2.30. The summed E-state index contributed by atoms with van der Waals surface area (Å²) in [6, 6.07) is -2.95. The Morgan fingerprint density at radius 3 is 1.86 bits per heavy atom. The molecule has 1 aromatic rings. The van der Waals surface area contributed by atoms with Gasteiger partial charge in [-0.05, 0) is 18.2 Å². The Labute approximate surface area is 77.7 Å². The molecule has 0 aliphatic heterocycles. The fourth-order valence-corrected chi connectivity index (χ4v) is 0.971. The lowest BCUT2D eigenvalue weighted by Gasteiger charge is -2.19. The zero-order valence-electron chi connectivity index (χ0n) is 6.78. The van der Waals surface area contributed by atoms with E-state index in [1.807, 2.05) is 0 Å². The lowest BCUT2D eigenvalue weighted by atomic mass is 10.1. The molecule has 0 bridgehead atoms. The molecule has 0 aliphatic carbocycles. The standard InChI is InChI=1S/C8H7F2O4/c9-7(11,12)5-3-1-2-4-6(5)8(10,13)14/h1,3-4,11-14H. The quantitative estimate of drug-likeness (QED) is 0.496. The summed E-state index contributed by atoms with van der Waals surface area (Å²) in [5.41, 5.74) is -2.02. The van der Waals surface area contributed by atoms with Crippen LogP contribution in [0.3, 0.4) is 0 Å². The summed E-state index contributed by atoms with van der Waals surface area (Å²) in [5.74, 6) is 0. The number of hydrogen-bond donors (Lipinski definition) is 4. The van der Waals surface area contributed by atoms with E-state index in [1.54, 1.807) is 0 Å². The zero-order valence-corrected chi connectivity index (χ0v) is 6.78. The predicted molar refractivity (Wildman–Crippen MR) is 39.7 cm³/mol. The van der Waals surface area contributed by atoms with E-state index >= 15 is 0 Å². The molecule has 0 fully saturated rings. The molecule has 0 saturated carbocycles. The first kappa shape index (κ1) is 11.0. The van der Waals surface area contributed by atoms with Crippen molar-refractivity contribution in [2.75, 3.05) is 0 Å². The van der Waals surface area contributed by atoms with Crippen LogP contribution in [-0.2, 0) is 12.1 Å². The van der Waals surface area contributed by atoms with Gasteiger partial charge in [-0.15, -0.1) is 0 Å². The average molecular weight is 205 g/mol. The second-order valence-corrected chi connectivity index (χ2v) is 2.65. The molecule has 4 N–H and O–H groups in total. The molecule has 0 amide bonds. The molecule has 14 heavy (non-hydrogen) atoms. The van der Waals surface area contributed by atoms with Crippen LogP contribution in [0.4, 0.5) is 8.78 Å². The minimum Gasteiger partial charge on any atom is -0.336 e. The Balaban J connectivity index is 3.31. The van der Waals surface area contributed by atoms with Gasteiger partial charge in [-0.2, -0.15) is 8.78 Å². The highest BCUT2D eigenvalue weighted by molar-refractivity contribution is 5.30. The van der Waals surface area contributed by atoms with Crippen molar-refractivity contribution in [3.05, 3.63) is 35.4 Å². The molecular formula is C8H7F2O4. The Morgan fingerprint density at radius 1 is 1.00 bits per heavy atom. The Hall–Kier alpha value is -1.08. The highest BCUT2D eigenvalue weighted by Gasteiger charge is 2.36. The monoisotopic (exact) mass is 205 g/mol. The summed E-state index contributed by atoms with van der Waals surface area (Å²) in [6.45, 7) is 0. The van der Waals surface area contributed by atoms with E-state index in [-0.39, 0.29) is 0 Å². The van der Waals surface area contributed by atoms with Crippen LogP contribution < -0.4 is 0 Å². The molecule has 0 unspecified atom stereocenters. The second-order valence-electron chi connectivity index (χ2n) is 2.65. The molecule has 0 spiro atoms. The molecule has 0 heterocycles. The number of alkyl halides is 2. The lowest BCUT2D eigenvalue weighted by Crippen LogP contribution is -2.27. The van der Waals surface area contributed by atoms with Crippen LogP contribution in [0.2, 0.25) is 0 Å². The third-order valence-electron chi connectivity index (χ3n) is 1.55. The SMILES string of the molecule is OC(O)(F)c1c[c]ccc1C(O)(O)F. The topological polar surface area (TPSA) is 80.9 Å². The van der Waals surface area contributed by atoms with Crippen LogP contribution in [-0.4, -0.2) is 20.4 Å². The van der Waals surface area contributed by atoms with Gasteiger partial charge in [0.25, 0.3) is 0 Å². The third kappa shape index (κ3) is 2.24. The van der Waals surface area contributed by atoms with Crippen molar-refractivity contribution < 1.29 is 29.2 Å². The summed E-state index contributed by atoms with van der Waals surface area (Å²) >= 11 is 0. The molecule has 0 saturated heterocycles. The summed E-state index contributed by atoms with van der Waals surface area (Å²) < 4.78 is 25.2. The molecule has 6 heteroatoms. The van der Waals surface area contributed by atoms with Crippen LogP contribution >= 0.6 is 0 Å². The third-order valence-corrected chi connectivity index (χ3v) is 1.55. The van der Waals surface area contributed by atoms with Gasteiger partial charge in [0.1, 0.15) is 0 Å². The number of rotatable bonds is 2. The minimum atomic E-state index is -3.85. The predicted octanol–water partition coefficient (Wildman–Crippen LogP) is -0.384. The first-order valence-corrected chi connectivity index (χ1v) is 3.51. The number of aliphatic hydroxyl groups is 4. The number of benzene rings is 1. The van der Waals surface area contributed by atoms with E-state index in [0.29, 0.717) is 6.07 Å². The fourth-order valence-electron chi connectivity index (χ4n) is 0.971. The first-order chi connectivity index (χ1) is 6.23. The fraction of sp³-hybridized carbons (Fsp3) is 0.250. The summed E-state index contributed by atoms with van der Waals surface area (Å²) in [7, 11) is 0. The van der Waals surface area contributed by atoms with Crippen molar-refractivity contribution in [3.63, 3.8) is 0 Å². The Kier molecular flexibility index (Phi) is 2.55. The van der Waals surface area contributed by atoms with E-state index in [2.05, 4.69) is 6.07 Å². The van der Waals surface area contributed by atoms with Gasteiger partial charge < -0.3 is 20.4 Å². The normalized spacial score (nSPS) is 13.0. The largest absolute Gasteiger partial charge is 0.344 e. The Bertz CT molecular complexity index is 294. The van der Waals surface area contributed by atoms with Crippen molar-refractivity contribution in [2.24, 2.45) is 0 Å². The minimum absolute atomic E-state index is 0.691. The highest BCUT2D eigenvalue weighted by atomic mass is 19.2. The molecule has 1 aromatic carbocycles.